The van der Waals surface area contributed by atoms with Crippen molar-refractivity contribution in [3.05, 3.63) is 60.2 Å². The Bertz CT molecular complexity index is 769. The maximum atomic E-state index is 5.97. The van der Waals surface area contributed by atoms with Crippen molar-refractivity contribution in [1.29, 1.82) is 0 Å². The highest BCUT2D eigenvalue weighted by Gasteiger charge is 2.37. The van der Waals surface area contributed by atoms with Crippen molar-refractivity contribution in [3.63, 3.8) is 0 Å². The molecule has 144 valence electrons. The summed E-state index contributed by atoms with van der Waals surface area (Å²) >= 11 is 0. The van der Waals surface area contributed by atoms with Gasteiger partial charge in [0.25, 0.3) is 0 Å². The molecule has 0 spiro atoms. The van der Waals surface area contributed by atoms with Crippen LogP contribution in [-0.2, 0) is 0 Å². The number of halogens is 1. The van der Waals surface area contributed by atoms with E-state index < -0.39 is 0 Å². The van der Waals surface area contributed by atoms with Crippen LogP contribution in [0.15, 0.2) is 59.6 Å². The Morgan fingerprint density at radius 2 is 1.70 bits per heavy atom. The number of hydrogen-bond donors (Lipinski definition) is 2. The Balaban J connectivity index is 0.00000210. The van der Waals surface area contributed by atoms with E-state index >= 15 is 0 Å². The van der Waals surface area contributed by atoms with E-state index in [2.05, 4.69) is 46.0 Å². The van der Waals surface area contributed by atoms with Gasteiger partial charge in [-0.1, -0.05) is 42.5 Å². The molecule has 3 atom stereocenters. The fourth-order valence-electron chi connectivity index (χ4n) is 3.40. The molecular formula is C21H26IN3O2. The van der Waals surface area contributed by atoms with Gasteiger partial charge in [0.1, 0.15) is 12.7 Å². The van der Waals surface area contributed by atoms with Gasteiger partial charge in [-0.05, 0) is 36.0 Å². The average molecular weight is 479 g/mol. The molecule has 6 heteroatoms. The van der Waals surface area contributed by atoms with Gasteiger partial charge < -0.3 is 20.1 Å². The van der Waals surface area contributed by atoms with Gasteiger partial charge in [-0.3, -0.25) is 4.99 Å². The molecule has 1 aliphatic heterocycles. The van der Waals surface area contributed by atoms with Gasteiger partial charge in [0.15, 0.2) is 17.5 Å². The minimum atomic E-state index is -0.0264. The molecule has 0 saturated heterocycles. The van der Waals surface area contributed by atoms with Crippen LogP contribution in [0.2, 0.25) is 0 Å². The first kappa shape index (κ1) is 19.8. The molecule has 0 bridgehead atoms. The Labute approximate surface area is 177 Å². The van der Waals surface area contributed by atoms with Crippen LogP contribution in [0.25, 0.3) is 0 Å². The fraction of sp³-hybridized carbons (Fsp3) is 0.381. The Morgan fingerprint density at radius 1 is 1.00 bits per heavy atom. The highest BCUT2D eigenvalue weighted by atomic mass is 127. The van der Waals surface area contributed by atoms with Crippen LogP contribution < -0.4 is 20.1 Å². The number of benzene rings is 2. The lowest BCUT2D eigenvalue weighted by Crippen LogP contribution is -2.45. The molecule has 2 aromatic carbocycles. The fourth-order valence-corrected chi connectivity index (χ4v) is 3.40. The van der Waals surface area contributed by atoms with E-state index in [1.807, 2.05) is 24.3 Å². The normalized spacial score (nSPS) is 23.1. The minimum absolute atomic E-state index is 0. The van der Waals surface area contributed by atoms with Crippen molar-refractivity contribution < 1.29 is 9.47 Å². The van der Waals surface area contributed by atoms with Crippen LogP contribution in [-0.4, -0.2) is 38.8 Å². The quantitative estimate of drug-likeness (QED) is 0.392. The topological polar surface area (TPSA) is 54.9 Å². The van der Waals surface area contributed by atoms with E-state index in [0.717, 1.165) is 24.0 Å². The van der Waals surface area contributed by atoms with Gasteiger partial charge in [0.2, 0.25) is 0 Å². The van der Waals surface area contributed by atoms with Crippen molar-refractivity contribution in [2.75, 3.05) is 26.7 Å². The highest BCUT2D eigenvalue weighted by Crippen LogP contribution is 2.46. The van der Waals surface area contributed by atoms with Gasteiger partial charge in [-0.2, -0.15) is 0 Å². The first-order valence-corrected chi connectivity index (χ1v) is 9.21. The SMILES string of the molecule is CN=C(NCC1COc2ccccc2O1)NCC1CC1c1ccccc1.I. The predicted molar refractivity (Wildman–Crippen MR) is 118 cm³/mol. The standard InChI is InChI=1S/C21H25N3O2.HI/c1-22-21(23-12-16-11-18(16)15-7-3-2-4-8-15)24-13-17-14-25-19-9-5-6-10-20(19)26-17;/h2-10,16-18H,11-14H2,1H3,(H2,22,23,24);1H. The van der Waals surface area contributed by atoms with Gasteiger partial charge in [-0.25, -0.2) is 0 Å². The third-order valence-corrected chi connectivity index (χ3v) is 4.97. The number of nitrogens with one attached hydrogen (secondary N) is 2. The lowest BCUT2D eigenvalue weighted by Gasteiger charge is -2.27. The van der Waals surface area contributed by atoms with Crippen LogP contribution in [0, 0.1) is 5.92 Å². The second-order valence-electron chi connectivity index (χ2n) is 6.84. The van der Waals surface area contributed by atoms with E-state index in [4.69, 9.17) is 9.47 Å². The van der Waals surface area contributed by atoms with Gasteiger partial charge in [0.05, 0.1) is 6.54 Å². The maximum Gasteiger partial charge on any atom is 0.191 e. The second kappa shape index (κ2) is 9.30. The molecule has 0 radical (unpaired) electrons. The minimum Gasteiger partial charge on any atom is -0.486 e. The van der Waals surface area contributed by atoms with Crippen LogP contribution >= 0.6 is 24.0 Å². The maximum absolute atomic E-state index is 5.97. The number of hydrogen-bond acceptors (Lipinski definition) is 3. The Kier molecular flexibility index (Phi) is 6.82. The zero-order valence-corrected chi connectivity index (χ0v) is 17.8. The second-order valence-corrected chi connectivity index (χ2v) is 6.84. The number of para-hydroxylation sites is 2. The van der Waals surface area contributed by atoms with Gasteiger partial charge in [-0.15, -0.1) is 24.0 Å². The summed E-state index contributed by atoms with van der Waals surface area (Å²) in [5.41, 5.74) is 1.44. The summed E-state index contributed by atoms with van der Waals surface area (Å²) in [6.45, 7) is 2.13. The molecule has 2 aliphatic rings. The van der Waals surface area contributed by atoms with E-state index in [0.29, 0.717) is 25.0 Å². The van der Waals surface area contributed by atoms with Gasteiger partial charge >= 0.3 is 0 Å². The summed E-state index contributed by atoms with van der Waals surface area (Å²) in [6, 6.07) is 18.5. The number of guanidine groups is 1. The smallest absolute Gasteiger partial charge is 0.191 e. The summed E-state index contributed by atoms with van der Waals surface area (Å²) < 4.78 is 11.7. The van der Waals surface area contributed by atoms with Crippen molar-refractivity contribution in [3.8, 4) is 11.5 Å². The zero-order chi connectivity index (χ0) is 17.8. The average Bonchev–Trinajstić information content (AvgIpc) is 3.48. The van der Waals surface area contributed by atoms with Crippen molar-refractivity contribution in [1.82, 2.24) is 10.6 Å². The van der Waals surface area contributed by atoms with Crippen molar-refractivity contribution in [2.45, 2.75) is 18.4 Å². The number of fused-ring (bicyclic) bond motifs is 1. The molecule has 2 aromatic rings. The van der Waals surface area contributed by atoms with Crippen molar-refractivity contribution >= 4 is 29.9 Å². The molecule has 1 fully saturated rings. The molecule has 4 rings (SSSR count). The third-order valence-electron chi connectivity index (χ3n) is 4.97. The molecule has 1 heterocycles. The molecule has 0 amide bonds. The molecule has 0 aromatic heterocycles. The highest BCUT2D eigenvalue weighted by molar-refractivity contribution is 14.0. The van der Waals surface area contributed by atoms with Crippen LogP contribution in [0.1, 0.15) is 17.9 Å². The summed E-state index contributed by atoms with van der Waals surface area (Å²) in [6.07, 6.45) is 1.21. The first-order valence-electron chi connectivity index (χ1n) is 9.21. The Morgan fingerprint density at radius 3 is 2.48 bits per heavy atom. The monoisotopic (exact) mass is 479 g/mol. The van der Waals surface area contributed by atoms with E-state index in [9.17, 15) is 0 Å². The van der Waals surface area contributed by atoms with E-state index in [-0.39, 0.29) is 30.1 Å². The molecule has 3 unspecified atom stereocenters. The summed E-state index contributed by atoms with van der Waals surface area (Å²) in [7, 11) is 1.80. The predicted octanol–water partition coefficient (Wildman–Crippen LogP) is 3.41. The first-order chi connectivity index (χ1) is 12.8. The lowest BCUT2D eigenvalue weighted by atomic mass is 10.1. The molecule has 27 heavy (non-hydrogen) atoms. The molecule has 2 N–H and O–H groups in total. The number of rotatable bonds is 5. The number of aliphatic imine (C=N–C) groups is 1. The summed E-state index contributed by atoms with van der Waals surface area (Å²) in [5, 5.41) is 6.77. The summed E-state index contributed by atoms with van der Waals surface area (Å²) in [5.74, 6) is 3.78. The van der Waals surface area contributed by atoms with Crippen LogP contribution in [0.5, 0.6) is 11.5 Å². The van der Waals surface area contributed by atoms with Crippen LogP contribution in [0.4, 0.5) is 0 Å². The van der Waals surface area contributed by atoms with Crippen molar-refractivity contribution in [2.24, 2.45) is 10.9 Å². The third kappa shape index (κ3) is 5.06. The molecular weight excluding hydrogens is 453 g/mol. The van der Waals surface area contributed by atoms with Gasteiger partial charge in [0, 0.05) is 13.6 Å². The van der Waals surface area contributed by atoms with E-state index in [1.54, 1.807) is 7.05 Å². The zero-order valence-electron chi connectivity index (χ0n) is 15.4. The van der Waals surface area contributed by atoms with E-state index in [1.165, 1.54) is 12.0 Å². The number of nitrogens with zero attached hydrogens (tertiary/aromatic N) is 1. The largest absolute Gasteiger partial charge is 0.486 e. The molecule has 1 aliphatic carbocycles. The molecule has 1 saturated carbocycles. The number of ether oxygens (including phenoxy) is 2. The summed E-state index contributed by atoms with van der Waals surface area (Å²) in [4.78, 5) is 4.31. The van der Waals surface area contributed by atoms with Crippen LogP contribution in [0.3, 0.4) is 0 Å². The Hall–Kier alpha value is -1.96. The lowest BCUT2D eigenvalue weighted by molar-refractivity contribution is 0.0936. The molecule has 5 nitrogen and oxygen atoms in total.